The first kappa shape index (κ1) is 19.9. The van der Waals surface area contributed by atoms with Crippen molar-refractivity contribution >= 4 is 11.8 Å². The molecule has 3 rings (SSSR count). The van der Waals surface area contributed by atoms with E-state index in [0.717, 1.165) is 68.9 Å². The van der Waals surface area contributed by atoms with E-state index in [2.05, 4.69) is 5.32 Å². The molecule has 2 amide bonds. The van der Waals surface area contributed by atoms with E-state index in [1.165, 1.54) is 6.42 Å². The van der Waals surface area contributed by atoms with Crippen LogP contribution in [-0.4, -0.2) is 61.4 Å². The number of aryl methyl sites for hydroxylation is 1. The molecule has 2 heterocycles. The molecule has 1 atom stereocenters. The number of amides is 2. The molecule has 0 spiro atoms. The minimum Gasteiger partial charge on any atom is -0.342 e. The number of piperidine rings is 2. The second-order valence-electron chi connectivity index (χ2n) is 8.12. The first-order valence-corrected chi connectivity index (χ1v) is 10.4. The standard InChI is InChI=1S/C22H33N3O2/c1-17-5-7-19(8-6-17)21(26)25-13-3-4-20(16-25)22(27)24-14-10-18(11-15-24)9-12-23-2/h5-8,18,20,23H,3-4,9-16H2,1-2H3. The summed E-state index contributed by atoms with van der Waals surface area (Å²) >= 11 is 0. The largest absolute Gasteiger partial charge is 0.342 e. The van der Waals surface area contributed by atoms with Gasteiger partial charge in [-0.25, -0.2) is 0 Å². The van der Waals surface area contributed by atoms with Gasteiger partial charge in [0.05, 0.1) is 5.92 Å². The predicted molar refractivity (Wildman–Crippen MR) is 108 cm³/mol. The second-order valence-corrected chi connectivity index (χ2v) is 8.12. The van der Waals surface area contributed by atoms with Gasteiger partial charge in [-0.3, -0.25) is 9.59 Å². The van der Waals surface area contributed by atoms with Gasteiger partial charge in [0.2, 0.25) is 5.91 Å². The Balaban J connectivity index is 1.54. The summed E-state index contributed by atoms with van der Waals surface area (Å²) in [6, 6.07) is 7.72. The summed E-state index contributed by atoms with van der Waals surface area (Å²) in [6.07, 6.45) is 5.21. The zero-order valence-electron chi connectivity index (χ0n) is 16.7. The lowest BCUT2D eigenvalue weighted by atomic mass is 9.91. The summed E-state index contributed by atoms with van der Waals surface area (Å²) in [5, 5.41) is 3.21. The van der Waals surface area contributed by atoms with E-state index >= 15 is 0 Å². The number of hydrogen-bond acceptors (Lipinski definition) is 3. The molecule has 2 aliphatic heterocycles. The van der Waals surface area contributed by atoms with Crippen molar-refractivity contribution in [3.8, 4) is 0 Å². The minimum atomic E-state index is -0.0398. The Morgan fingerprint density at radius 3 is 2.41 bits per heavy atom. The summed E-state index contributed by atoms with van der Waals surface area (Å²) < 4.78 is 0. The van der Waals surface area contributed by atoms with Gasteiger partial charge in [-0.2, -0.15) is 0 Å². The summed E-state index contributed by atoms with van der Waals surface area (Å²) in [7, 11) is 1.99. The zero-order chi connectivity index (χ0) is 19.2. The van der Waals surface area contributed by atoms with Gasteiger partial charge >= 0.3 is 0 Å². The molecule has 1 unspecified atom stereocenters. The zero-order valence-corrected chi connectivity index (χ0v) is 16.7. The highest BCUT2D eigenvalue weighted by Gasteiger charge is 2.33. The quantitative estimate of drug-likeness (QED) is 0.866. The number of likely N-dealkylation sites (tertiary alicyclic amines) is 2. The monoisotopic (exact) mass is 371 g/mol. The molecule has 1 aromatic carbocycles. The van der Waals surface area contributed by atoms with Crippen LogP contribution < -0.4 is 5.32 Å². The maximum absolute atomic E-state index is 13.0. The third-order valence-electron chi connectivity index (χ3n) is 6.09. The van der Waals surface area contributed by atoms with Crippen LogP contribution in [0.15, 0.2) is 24.3 Å². The van der Waals surface area contributed by atoms with Crippen molar-refractivity contribution in [1.82, 2.24) is 15.1 Å². The highest BCUT2D eigenvalue weighted by Crippen LogP contribution is 2.25. The third-order valence-corrected chi connectivity index (χ3v) is 6.09. The van der Waals surface area contributed by atoms with Crippen LogP contribution >= 0.6 is 0 Å². The van der Waals surface area contributed by atoms with Gasteiger partial charge in [-0.05, 0) is 70.7 Å². The normalized spacial score (nSPS) is 21.3. The number of carbonyl (C=O) groups is 2. The van der Waals surface area contributed by atoms with Crippen LogP contribution in [0.4, 0.5) is 0 Å². The Kier molecular flexibility index (Phi) is 6.89. The molecule has 5 nitrogen and oxygen atoms in total. The Morgan fingerprint density at radius 2 is 1.74 bits per heavy atom. The highest BCUT2D eigenvalue weighted by atomic mass is 16.2. The number of carbonyl (C=O) groups excluding carboxylic acids is 2. The van der Waals surface area contributed by atoms with Crippen molar-refractivity contribution in [2.45, 2.75) is 39.0 Å². The average Bonchev–Trinajstić information content (AvgIpc) is 2.72. The average molecular weight is 372 g/mol. The summed E-state index contributed by atoms with van der Waals surface area (Å²) in [5.74, 6) is 0.997. The summed E-state index contributed by atoms with van der Waals surface area (Å²) in [5.41, 5.74) is 1.87. The van der Waals surface area contributed by atoms with E-state index in [0.29, 0.717) is 6.54 Å². The lowest BCUT2D eigenvalue weighted by Gasteiger charge is -2.38. The fourth-order valence-corrected chi connectivity index (χ4v) is 4.29. The van der Waals surface area contributed by atoms with Crippen LogP contribution in [0.5, 0.6) is 0 Å². The van der Waals surface area contributed by atoms with E-state index in [4.69, 9.17) is 0 Å². The van der Waals surface area contributed by atoms with E-state index in [9.17, 15) is 9.59 Å². The first-order valence-electron chi connectivity index (χ1n) is 10.4. The minimum absolute atomic E-state index is 0.0398. The Morgan fingerprint density at radius 1 is 1.04 bits per heavy atom. The molecule has 2 saturated heterocycles. The van der Waals surface area contributed by atoms with Gasteiger partial charge in [-0.1, -0.05) is 17.7 Å². The summed E-state index contributed by atoms with van der Waals surface area (Å²) in [6.45, 7) is 6.13. The summed E-state index contributed by atoms with van der Waals surface area (Å²) in [4.78, 5) is 29.7. The molecular weight excluding hydrogens is 338 g/mol. The topological polar surface area (TPSA) is 52.7 Å². The molecule has 1 N–H and O–H groups in total. The van der Waals surface area contributed by atoms with E-state index in [-0.39, 0.29) is 17.7 Å². The van der Waals surface area contributed by atoms with E-state index in [1.54, 1.807) is 0 Å². The van der Waals surface area contributed by atoms with Crippen molar-refractivity contribution in [2.24, 2.45) is 11.8 Å². The first-order chi connectivity index (χ1) is 13.1. The molecule has 0 bridgehead atoms. The van der Waals surface area contributed by atoms with Crippen molar-refractivity contribution in [3.05, 3.63) is 35.4 Å². The molecule has 0 saturated carbocycles. The number of hydrogen-bond donors (Lipinski definition) is 1. The molecule has 0 radical (unpaired) electrons. The van der Waals surface area contributed by atoms with Crippen LogP contribution in [0, 0.1) is 18.8 Å². The number of rotatable bonds is 5. The molecule has 0 aromatic heterocycles. The van der Waals surface area contributed by atoms with Crippen molar-refractivity contribution in [3.63, 3.8) is 0 Å². The van der Waals surface area contributed by atoms with Gasteiger partial charge in [0.25, 0.3) is 5.91 Å². The lowest BCUT2D eigenvalue weighted by molar-refractivity contribution is -0.138. The molecule has 0 aliphatic carbocycles. The molecule has 2 fully saturated rings. The predicted octanol–water partition coefficient (Wildman–Crippen LogP) is 2.70. The van der Waals surface area contributed by atoms with Crippen molar-refractivity contribution < 1.29 is 9.59 Å². The van der Waals surface area contributed by atoms with Crippen LogP contribution in [0.2, 0.25) is 0 Å². The Bertz CT molecular complexity index is 635. The maximum atomic E-state index is 13.0. The molecule has 27 heavy (non-hydrogen) atoms. The van der Waals surface area contributed by atoms with Gasteiger partial charge in [0.15, 0.2) is 0 Å². The second kappa shape index (κ2) is 9.36. The molecule has 148 valence electrons. The van der Waals surface area contributed by atoms with Gasteiger partial charge in [-0.15, -0.1) is 0 Å². The number of benzene rings is 1. The van der Waals surface area contributed by atoms with E-state index < -0.39 is 0 Å². The van der Waals surface area contributed by atoms with Crippen LogP contribution in [-0.2, 0) is 4.79 Å². The number of nitrogens with one attached hydrogen (secondary N) is 1. The van der Waals surface area contributed by atoms with Crippen LogP contribution in [0.1, 0.15) is 48.0 Å². The van der Waals surface area contributed by atoms with Gasteiger partial charge in [0.1, 0.15) is 0 Å². The maximum Gasteiger partial charge on any atom is 0.253 e. The molecule has 2 aliphatic rings. The van der Waals surface area contributed by atoms with Crippen molar-refractivity contribution in [1.29, 1.82) is 0 Å². The number of nitrogens with zero attached hydrogens (tertiary/aromatic N) is 2. The molecule has 5 heteroatoms. The third kappa shape index (κ3) is 5.10. The lowest BCUT2D eigenvalue weighted by Crippen LogP contribution is -2.48. The van der Waals surface area contributed by atoms with E-state index in [1.807, 2.05) is 48.0 Å². The smallest absolute Gasteiger partial charge is 0.253 e. The van der Waals surface area contributed by atoms with Crippen molar-refractivity contribution in [2.75, 3.05) is 39.8 Å². The SMILES string of the molecule is CNCCC1CCN(C(=O)C2CCCN(C(=O)c3ccc(C)cc3)C2)CC1. The highest BCUT2D eigenvalue weighted by molar-refractivity contribution is 5.94. The molecular formula is C22H33N3O2. The van der Waals surface area contributed by atoms with Gasteiger partial charge in [0, 0.05) is 31.7 Å². The fourth-order valence-electron chi connectivity index (χ4n) is 4.29. The fraction of sp³-hybridized carbons (Fsp3) is 0.636. The van der Waals surface area contributed by atoms with Gasteiger partial charge < -0.3 is 15.1 Å². The Hall–Kier alpha value is -1.88. The Labute approximate surface area is 163 Å². The van der Waals surface area contributed by atoms with Crippen LogP contribution in [0.3, 0.4) is 0 Å². The molecule has 1 aromatic rings. The van der Waals surface area contributed by atoms with Crippen LogP contribution in [0.25, 0.3) is 0 Å².